The minimum atomic E-state index is -0.510. The molecule has 19 heavy (non-hydrogen) atoms. The van der Waals surface area contributed by atoms with E-state index >= 15 is 0 Å². The summed E-state index contributed by atoms with van der Waals surface area (Å²) in [5.41, 5.74) is 3.49. The summed E-state index contributed by atoms with van der Waals surface area (Å²) in [6.07, 6.45) is 1.33. The van der Waals surface area contributed by atoms with Crippen molar-refractivity contribution in [3.05, 3.63) is 39.9 Å². The Morgan fingerprint density at radius 2 is 1.74 bits per heavy atom. The van der Waals surface area contributed by atoms with Gasteiger partial charge in [-0.15, -0.1) is 0 Å². The fourth-order valence-electron chi connectivity index (χ4n) is 1.50. The van der Waals surface area contributed by atoms with E-state index in [-0.39, 0.29) is 10.0 Å². The summed E-state index contributed by atoms with van der Waals surface area (Å²) in [6.45, 7) is 1.77. The molecule has 1 aromatic carbocycles. The predicted octanol–water partition coefficient (Wildman–Crippen LogP) is 3.26. The van der Waals surface area contributed by atoms with Gasteiger partial charge in [-0.1, -0.05) is 23.2 Å². The van der Waals surface area contributed by atoms with Crippen molar-refractivity contribution in [2.24, 2.45) is 5.84 Å². The van der Waals surface area contributed by atoms with Crippen LogP contribution in [0.4, 0.5) is 21.7 Å². The van der Waals surface area contributed by atoms with Gasteiger partial charge >= 0.3 is 0 Å². The summed E-state index contributed by atoms with van der Waals surface area (Å²) in [5, 5.41) is 3.25. The van der Waals surface area contributed by atoms with Gasteiger partial charge in [0.05, 0.1) is 15.7 Å². The second-order valence-electron chi connectivity index (χ2n) is 3.71. The van der Waals surface area contributed by atoms with Gasteiger partial charge in [0.25, 0.3) is 0 Å². The first-order valence-electron chi connectivity index (χ1n) is 5.22. The molecule has 2 aromatic rings. The molecular formula is C11H10Cl2FN5. The van der Waals surface area contributed by atoms with Gasteiger partial charge in [0.15, 0.2) is 0 Å². The first-order chi connectivity index (χ1) is 9.02. The first kappa shape index (κ1) is 13.8. The average Bonchev–Trinajstić information content (AvgIpc) is 2.35. The van der Waals surface area contributed by atoms with E-state index in [9.17, 15) is 4.39 Å². The zero-order valence-corrected chi connectivity index (χ0v) is 11.3. The Hall–Kier alpha value is -1.63. The second-order valence-corrected chi connectivity index (χ2v) is 4.52. The molecule has 0 atom stereocenters. The van der Waals surface area contributed by atoms with E-state index in [4.69, 9.17) is 29.0 Å². The SMILES string of the molecule is Cc1c(NN)ncnc1Nc1c(Cl)cc(F)cc1Cl. The number of hydrogen-bond donors (Lipinski definition) is 3. The number of rotatable bonds is 3. The van der Waals surface area contributed by atoms with Crippen LogP contribution in [-0.2, 0) is 0 Å². The molecule has 8 heteroatoms. The van der Waals surface area contributed by atoms with Gasteiger partial charge in [0.2, 0.25) is 0 Å². The fraction of sp³-hybridized carbons (Fsp3) is 0.0909. The van der Waals surface area contributed by atoms with Crippen LogP contribution in [0.2, 0.25) is 10.0 Å². The summed E-state index contributed by atoms with van der Waals surface area (Å²) < 4.78 is 13.1. The van der Waals surface area contributed by atoms with Crippen LogP contribution in [0.3, 0.4) is 0 Å². The van der Waals surface area contributed by atoms with E-state index < -0.39 is 5.82 Å². The maximum atomic E-state index is 13.1. The van der Waals surface area contributed by atoms with E-state index in [0.29, 0.717) is 22.9 Å². The Bertz CT molecular complexity index is 597. The molecule has 100 valence electrons. The zero-order valence-electron chi connectivity index (χ0n) is 9.84. The van der Waals surface area contributed by atoms with Crippen LogP contribution in [0, 0.1) is 12.7 Å². The van der Waals surface area contributed by atoms with Gasteiger partial charge in [0, 0.05) is 5.56 Å². The van der Waals surface area contributed by atoms with Crippen molar-refractivity contribution < 1.29 is 4.39 Å². The molecule has 5 nitrogen and oxygen atoms in total. The third-order valence-corrected chi connectivity index (χ3v) is 3.07. The molecule has 0 spiro atoms. The van der Waals surface area contributed by atoms with Gasteiger partial charge in [-0.3, -0.25) is 0 Å². The molecule has 0 amide bonds. The van der Waals surface area contributed by atoms with Crippen LogP contribution in [0.15, 0.2) is 18.5 Å². The molecule has 0 aliphatic heterocycles. The van der Waals surface area contributed by atoms with Crippen LogP contribution in [-0.4, -0.2) is 9.97 Å². The molecule has 0 aliphatic carbocycles. The molecule has 0 aliphatic rings. The molecule has 0 saturated heterocycles. The van der Waals surface area contributed by atoms with Crippen LogP contribution >= 0.6 is 23.2 Å². The minimum absolute atomic E-state index is 0.158. The number of hydrazine groups is 1. The molecule has 0 saturated carbocycles. The topological polar surface area (TPSA) is 75.9 Å². The molecular weight excluding hydrogens is 292 g/mol. The smallest absolute Gasteiger partial charge is 0.148 e. The highest BCUT2D eigenvalue weighted by Gasteiger charge is 2.12. The summed E-state index contributed by atoms with van der Waals surface area (Å²) in [7, 11) is 0. The van der Waals surface area contributed by atoms with Crippen LogP contribution in [0.5, 0.6) is 0 Å². The van der Waals surface area contributed by atoms with Crippen molar-refractivity contribution in [3.63, 3.8) is 0 Å². The van der Waals surface area contributed by atoms with E-state index in [0.717, 1.165) is 12.1 Å². The number of nitrogens with two attached hydrogens (primary N) is 1. The standard InChI is InChI=1S/C11H10Cl2FN5/c1-5-10(16-4-17-11(5)19-15)18-9-7(12)2-6(14)3-8(9)13/h2-4H,15H2,1H3,(H2,16,17,18,19). The molecule has 1 aromatic heterocycles. The van der Waals surface area contributed by atoms with Gasteiger partial charge in [-0.2, -0.15) is 0 Å². The maximum absolute atomic E-state index is 13.1. The number of nitrogen functional groups attached to an aromatic ring is 1. The third kappa shape index (κ3) is 2.86. The van der Waals surface area contributed by atoms with Crippen LogP contribution < -0.4 is 16.6 Å². The van der Waals surface area contributed by atoms with Crippen molar-refractivity contribution in [1.82, 2.24) is 9.97 Å². The highest BCUT2D eigenvalue weighted by atomic mass is 35.5. The van der Waals surface area contributed by atoms with Gasteiger partial charge < -0.3 is 10.7 Å². The maximum Gasteiger partial charge on any atom is 0.148 e. The number of anilines is 3. The number of hydrogen-bond acceptors (Lipinski definition) is 5. The molecule has 0 radical (unpaired) electrons. The summed E-state index contributed by atoms with van der Waals surface area (Å²) in [4.78, 5) is 8.00. The second kappa shape index (κ2) is 5.56. The Labute approximate surface area is 118 Å². The normalized spacial score (nSPS) is 10.4. The Morgan fingerprint density at radius 3 is 2.32 bits per heavy atom. The number of benzene rings is 1. The fourth-order valence-corrected chi connectivity index (χ4v) is 2.06. The largest absolute Gasteiger partial charge is 0.337 e. The molecule has 0 bridgehead atoms. The lowest BCUT2D eigenvalue weighted by molar-refractivity contribution is 0.628. The highest BCUT2D eigenvalue weighted by Crippen LogP contribution is 2.34. The van der Waals surface area contributed by atoms with Crippen molar-refractivity contribution in [2.75, 3.05) is 10.7 Å². The highest BCUT2D eigenvalue weighted by molar-refractivity contribution is 6.39. The minimum Gasteiger partial charge on any atom is -0.337 e. The van der Waals surface area contributed by atoms with Crippen LogP contribution in [0.1, 0.15) is 5.56 Å². The Kier molecular flexibility index (Phi) is 4.04. The van der Waals surface area contributed by atoms with Crippen molar-refractivity contribution in [1.29, 1.82) is 0 Å². The zero-order chi connectivity index (χ0) is 14.0. The molecule has 2 rings (SSSR count). The number of nitrogens with zero attached hydrogens (tertiary/aromatic N) is 2. The third-order valence-electron chi connectivity index (χ3n) is 2.47. The lowest BCUT2D eigenvalue weighted by Crippen LogP contribution is -2.11. The number of aromatic nitrogens is 2. The van der Waals surface area contributed by atoms with Gasteiger partial charge in [-0.05, 0) is 19.1 Å². The number of nitrogens with one attached hydrogen (secondary N) is 2. The Balaban J connectivity index is 2.42. The lowest BCUT2D eigenvalue weighted by Gasteiger charge is -2.13. The predicted molar refractivity (Wildman–Crippen MR) is 74.3 cm³/mol. The van der Waals surface area contributed by atoms with E-state index in [2.05, 4.69) is 20.7 Å². The number of halogens is 3. The quantitative estimate of drug-likeness (QED) is 0.599. The summed E-state index contributed by atoms with van der Waals surface area (Å²) >= 11 is 11.9. The van der Waals surface area contributed by atoms with Crippen molar-refractivity contribution >= 4 is 40.5 Å². The van der Waals surface area contributed by atoms with E-state index in [1.165, 1.54) is 6.33 Å². The molecule has 1 heterocycles. The van der Waals surface area contributed by atoms with Gasteiger partial charge in [-0.25, -0.2) is 20.2 Å². The van der Waals surface area contributed by atoms with Crippen molar-refractivity contribution in [2.45, 2.75) is 6.92 Å². The van der Waals surface area contributed by atoms with E-state index in [1.807, 2.05) is 0 Å². The summed E-state index contributed by atoms with van der Waals surface area (Å²) in [5.74, 6) is 5.75. The van der Waals surface area contributed by atoms with Crippen molar-refractivity contribution in [3.8, 4) is 0 Å². The monoisotopic (exact) mass is 301 g/mol. The van der Waals surface area contributed by atoms with Crippen LogP contribution in [0.25, 0.3) is 0 Å². The molecule has 4 N–H and O–H groups in total. The first-order valence-corrected chi connectivity index (χ1v) is 5.98. The van der Waals surface area contributed by atoms with Gasteiger partial charge in [0.1, 0.15) is 23.8 Å². The summed E-state index contributed by atoms with van der Waals surface area (Å²) in [6, 6.07) is 2.32. The average molecular weight is 302 g/mol. The Morgan fingerprint density at radius 1 is 1.16 bits per heavy atom. The lowest BCUT2D eigenvalue weighted by atomic mass is 10.2. The van der Waals surface area contributed by atoms with E-state index in [1.54, 1.807) is 6.92 Å². The molecule has 0 unspecified atom stereocenters. The molecule has 0 fully saturated rings.